The van der Waals surface area contributed by atoms with Crippen LogP contribution in [0.1, 0.15) is 39.0 Å². The maximum atomic E-state index is 11.9. The second kappa shape index (κ2) is 5.38. The molecule has 3 aliphatic carbocycles. The number of fused-ring (bicyclic) bond motifs is 5. The van der Waals surface area contributed by atoms with Gasteiger partial charge in [-0.05, 0) is 49.4 Å². The van der Waals surface area contributed by atoms with Gasteiger partial charge in [-0.15, -0.1) is 12.4 Å². The van der Waals surface area contributed by atoms with Gasteiger partial charge in [0.05, 0.1) is 0 Å². The average molecular weight is 273 g/mol. The van der Waals surface area contributed by atoms with Crippen LogP contribution >= 0.6 is 12.4 Å². The zero-order valence-corrected chi connectivity index (χ0v) is 11.9. The van der Waals surface area contributed by atoms with Gasteiger partial charge in [-0.25, -0.2) is 0 Å². The molecule has 6 atom stereocenters. The van der Waals surface area contributed by atoms with Crippen LogP contribution < -0.4 is 11.1 Å². The number of carbonyl (C=O) groups excluding carboxylic acids is 1. The van der Waals surface area contributed by atoms with Crippen LogP contribution in [0.15, 0.2) is 0 Å². The van der Waals surface area contributed by atoms with Crippen molar-refractivity contribution in [1.82, 2.24) is 5.32 Å². The first kappa shape index (κ1) is 14.1. The highest BCUT2D eigenvalue weighted by molar-refractivity contribution is 5.85. The number of rotatable bonds is 3. The monoisotopic (exact) mass is 272 g/mol. The molecule has 0 aromatic rings. The molecule has 3 aliphatic rings. The number of nitrogens with one attached hydrogen (secondary N) is 1. The van der Waals surface area contributed by atoms with Gasteiger partial charge in [-0.2, -0.15) is 0 Å². The normalized spacial score (nSPS) is 42.2. The van der Waals surface area contributed by atoms with Crippen molar-refractivity contribution < 1.29 is 4.79 Å². The summed E-state index contributed by atoms with van der Waals surface area (Å²) < 4.78 is 0. The van der Waals surface area contributed by atoms with Gasteiger partial charge in [0.15, 0.2) is 0 Å². The molecule has 0 spiro atoms. The zero-order chi connectivity index (χ0) is 12.0. The number of nitrogens with two attached hydrogens (primary N) is 1. The van der Waals surface area contributed by atoms with Gasteiger partial charge in [0.25, 0.3) is 0 Å². The molecular weight excluding hydrogens is 248 g/mol. The van der Waals surface area contributed by atoms with Crippen LogP contribution in [0.3, 0.4) is 0 Å². The topological polar surface area (TPSA) is 55.1 Å². The highest BCUT2D eigenvalue weighted by Crippen LogP contribution is 2.58. The van der Waals surface area contributed by atoms with E-state index in [1.165, 1.54) is 32.1 Å². The molecule has 6 unspecified atom stereocenters. The van der Waals surface area contributed by atoms with E-state index in [0.717, 1.165) is 23.7 Å². The fourth-order valence-corrected chi connectivity index (χ4v) is 4.67. The fraction of sp³-hybridized carbons (Fsp3) is 0.929. The molecule has 0 saturated heterocycles. The van der Waals surface area contributed by atoms with E-state index in [-0.39, 0.29) is 24.2 Å². The molecule has 104 valence electrons. The smallest absolute Gasteiger partial charge is 0.224 e. The minimum atomic E-state index is -0.0338. The van der Waals surface area contributed by atoms with E-state index in [1.807, 2.05) is 6.92 Å². The van der Waals surface area contributed by atoms with Crippen molar-refractivity contribution in [1.29, 1.82) is 0 Å². The zero-order valence-electron chi connectivity index (χ0n) is 11.1. The molecule has 3 N–H and O–H groups in total. The van der Waals surface area contributed by atoms with Crippen molar-refractivity contribution in [3.05, 3.63) is 0 Å². The van der Waals surface area contributed by atoms with Crippen molar-refractivity contribution in [3.63, 3.8) is 0 Å². The molecule has 3 saturated carbocycles. The summed E-state index contributed by atoms with van der Waals surface area (Å²) in [6.45, 7) is 2.37. The van der Waals surface area contributed by atoms with Gasteiger partial charge < -0.3 is 11.1 Å². The first-order chi connectivity index (χ1) is 8.20. The molecule has 0 aromatic carbocycles. The summed E-state index contributed by atoms with van der Waals surface area (Å²) in [6, 6.07) is 0.459. The molecule has 2 bridgehead atoms. The van der Waals surface area contributed by atoms with Crippen LogP contribution in [-0.4, -0.2) is 18.5 Å². The molecule has 3 nitrogen and oxygen atoms in total. The molecule has 1 amide bonds. The second-order valence-electron chi connectivity index (χ2n) is 6.41. The van der Waals surface area contributed by atoms with Crippen LogP contribution in [0.5, 0.6) is 0 Å². The summed E-state index contributed by atoms with van der Waals surface area (Å²) in [5.74, 6) is 3.74. The third-order valence-corrected chi connectivity index (χ3v) is 5.56. The Kier molecular flexibility index (Phi) is 4.22. The van der Waals surface area contributed by atoms with Gasteiger partial charge in [0.2, 0.25) is 5.91 Å². The lowest BCUT2D eigenvalue weighted by atomic mass is 9.79. The van der Waals surface area contributed by atoms with Gasteiger partial charge in [-0.1, -0.05) is 13.3 Å². The van der Waals surface area contributed by atoms with Crippen LogP contribution in [0.4, 0.5) is 0 Å². The van der Waals surface area contributed by atoms with E-state index < -0.39 is 0 Å². The Morgan fingerprint density at radius 2 is 2.00 bits per heavy atom. The van der Waals surface area contributed by atoms with E-state index >= 15 is 0 Å². The van der Waals surface area contributed by atoms with E-state index in [1.54, 1.807) is 0 Å². The summed E-state index contributed by atoms with van der Waals surface area (Å²) >= 11 is 0. The molecule has 0 aromatic heterocycles. The first-order valence-electron chi connectivity index (χ1n) is 7.21. The average Bonchev–Trinajstić information content (AvgIpc) is 2.98. The van der Waals surface area contributed by atoms with Crippen LogP contribution in [0.25, 0.3) is 0 Å². The predicted molar refractivity (Wildman–Crippen MR) is 74.4 cm³/mol. The van der Waals surface area contributed by atoms with Crippen LogP contribution in [0, 0.1) is 29.6 Å². The summed E-state index contributed by atoms with van der Waals surface area (Å²) in [5.41, 5.74) is 5.55. The summed E-state index contributed by atoms with van der Waals surface area (Å²) in [4.78, 5) is 11.9. The van der Waals surface area contributed by atoms with E-state index in [2.05, 4.69) is 5.32 Å². The number of carbonyl (C=O) groups is 1. The Morgan fingerprint density at radius 3 is 2.72 bits per heavy atom. The Morgan fingerprint density at radius 1 is 1.28 bits per heavy atom. The molecule has 3 rings (SSSR count). The largest absolute Gasteiger partial charge is 0.353 e. The van der Waals surface area contributed by atoms with Crippen molar-refractivity contribution in [2.24, 2.45) is 35.3 Å². The summed E-state index contributed by atoms with van der Waals surface area (Å²) in [7, 11) is 0. The van der Waals surface area contributed by atoms with E-state index in [4.69, 9.17) is 5.73 Å². The Balaban J connectivity index is 0.00000120. The molecule has 0 heterocycles. The van der Waals surface area contributed by atoms with Crippen molar-refractivity contribution >= 4 is 18.3 Å². The quantitative estimate of drug-likeness (QED) is 0.825. The van der Waals surface area contributed by atoms with Gasteiger partial charge in [-0.3, -0.25) is 4.79 Å². The lowest BCUT2D eigenvalue weighted by Crippen LogP contribution is -2.45. The van der Waals surface area contributed by atoms with Crippen LogP contribution in [-0.2, 0) is 4.79 Å². The maximum absolute atomic E-state index is 11.9. The Hall–Kier alpha value is -0.280. The number of hydrogen-bond donors (Lipinski definition) is 2. The lowest BCUT2D eigenvalue weighted by molar-refractivity contribution is -0.125. The van der Waals surface area contributed by atoms with Gasteiger partial charge >= 0.3 is 0 Å². The summed E-state index contributed by atoms with van der Waals surface area (Å²) in [5, 5.41) is 3.25. The van der Waals surface area contributed by atoms with Crippen molar-refractivity contribution in [2.75, 3.05) is 6.54 Å². The number of hydrogen-bond acceptors (Lipinski definition) is 2. The van der Waals surface area contributed by atoms with Crippen molar-refractivity contribution in [2.45, 2.75) is 45.1 Å². The Bertz CT molecular complexity index is 323. The van der Waals surface area contributed by atoms with E-state index in [0.29, 0.717) is 12.6 Å². The highest BCUT2D eigenvalue weighted by atomic mass is 35.5. The maximum Gasteiger partial charge on any atom is 0.224 e. The first-order valence-corrected chi connectivity index (χ1v) is 7.21. The fourth-order valence-electron chi connectivity index (χ4n) is 4.67. The minimum Gasteiger partial charge on any atom is -0.353 e. The Labute approximate surface area is 116 Å². The third kappa shape index (κ3) is 2.16. The lowest BCUT2D eigenvalue weighted by Gasteiger charge is -2.32. The number of amides is 1. The third-order valence-electron chi connectivity index (χ3n) is 5.56. The predicted octanol–water partition coefficient (Wildman–Crippen LogP) is 1.94. The summed E-state index contributed by atoms with van der Waals surface area (Å²) in [6.07, 6.45) is 6.88. The van der Waals surface area contributed by atoms with Gasteiger partial charge in [0, 0.05) is 18.5 Å². The molecule has 0 aliphatic heterocycles. The standard InChI is InChI=1S/C14H24N2O.ClH/c1-8(7-15)14(17)16-13-6-9-5-12(13)11-4-2-3-10(9)11;/h8-13H,2-7,15H2,1H3,(H,16,17);1H. The minimum absolute atomic E-state index is 0. The van der Waals surface area contributed by atoms with Gasteiger partial charge in [0.1, 0.15) is 0 Å². The molecule has 4 heteroatoms. The number of halogens is 1. The molecular formula is C14H25ClN2O. The highest BCUT2D eigenvalue weighted by Gasteiger charge is 2.54. The molecule has 0 radical (unpaired) electrons. The molecule has 18 heavy (non-hydrogen) atoms. The van der Waals surface area contributed by atoms with E-state index in [9.17, 15) is 4.79 Å². The SMILES string of the molecule is CC(CN)C(=O)NC1CC2CC1C1CCCC21.Cl. The van der Waals surface area contributed by atoms with Crippen molar-refractivity contribution in [3.8, 4) is 0 Å². The van der Waals surface area contributed by atoms with Crippen LogP contribution in [0.2, 0.25) is 0 Å². The second-order valence-corrected chi connectivity index (χ2v) is 6.41. The molecule has 3 fully saturated rings.